The lowest BCUT2D eigenvalue weighted by Crippen LogP contribution is -2.51. The van der Waals surface area contributed by atoms with Gasteiger partial charge in [-0.1, -0.05) is 0 Å². The Hall–Kier alpha value is -2.15. The first-order chi connectivity index (χ1) is 9.93. The van der Waals surface area contributed by atoms with E-state index in [1.54, 1.807) is 13.0 Å². The predicted octanol–water partition coefficient (Wildman–Crippen LogP) is 0.612. The van der Waals surface area contributed by atoms with Crippen molar-refractivity contribution in [2.45, 2.75) is 32.4 Å². The van der Waals surface area contributed by atoms with Crippen molar-refractivity contribution in [1.82, 2.24) is 10.2 Å². The Bertz CT molecular complexity index is 578. The molecule has 0 aromatic carbocycles. The molecule has 1 N–H and O–H groups in total. The number of likely N-dealkylation sites (N-methyl/N-ethyl adjacent to an activating group) is 1. The molecule has 0 aliphatic carbocycles. The zero-order valence-electron chi connectivity index (χ0n) is 12.3. The molecule has 2 amide bonds. The van der Waals surface area contributed by atoms with Crippen LogP contribution in [-0.4, -0.2) is 42.9 Å². The van der Waals surface area contributed by atoms with Crippen molar-refractivity contribution in [2.75, 3.05) is 14.2 Å². The zero-order chi connectivity index (χ0) is 15.6. The monoisotopic (exact) mass is 294 g/mol. The van der Waals surface area contributed by atoms with Gasteiger partial charge in [0, 0.05) is 13.5 Å². The first-order valence-corrected chi connectivity index (χ1v) is 6.65. The minimum Gasteiger partial charge on any atom is -0.465 e. The Labute approximate surface area is 122 Å². The highest BCUT2D eigenvalue weighted by molar-refractivity contribution is 6.00. The summed E-state index contributed by atoms with van der Waals surface area (Å²) in [5.41, 5.74) is 0.372. The van der Waals surface area contributed by atoms with E-state index in [9.17, 15) is 14.4 Å². The van der Waals surface area contributed by atoms with Gasteiger partial charge in [-0.15, -0.1) is 0 Å². The maximum atomic E-state index is 11.9. The first-order valence-electron chi connectivity index (χ1n) is 6.65. The number of likely N-dealkylation sites (tertiary alicyclic amines) is 1. The Morgan fingerprint density at radius 2 is 2.24 bits per heavy atom. The van der Waals surface area contributed by atoms with Crippen LogP contribution in [0, 0.1) is 6.92 Å². The first kappa shape index (κ1) is 15.2. The average Bonchev–Trinajstić information content (AvgIpc) is 2.84. The molecule has 7 nitrogen and oxygen atoms in total. The van der Waals surface area contributed by atoms with Gasteiger partial charge in [0.05, 0.1) is 19.7 Å². The second-order valence-electron chi connectivity index (χ2n) is 4.94. The molecule has 0 radical (unpaired) electrons. The zero-order valence-corrected chi connectivity index (χ0v) is 12.3. The third kappa shape index (κ3) is 3.13. The van der Waals surface area contributed by atoms with Crippen LogP contribution < -0.4 is 5.32 Å². The fraction of sp³-hybridized carbons (Fsp3) is 0.500. The van der Waals surface area contributed by atoms with E-state index < -0.39 is 12.0 Å². The molecule has 1 unspecified atom stereocenters. The number of hydrogen-bond acceptors (Lipinski definition) is 6. The normalized spacial score (nSPS) is 19.0. The van der Waals surface area contributed by atoms with Crippen LogP contribution in [0.2, 0.25) is 0 Å². The number of nitrogens with one attached hydrogen (secondary N) is 1. The topological polar surface area (TPSA) is 88.9 Å². The van der Waals surface area contributed by atoms with Gasteiger partial charge >= 0.3 is 5.97 Å². The van der Waals surface area contributed by atoms with Crippen molar-refractivity contribution in [3.8, 4) is 0 Å². The summed E-state index contributed by atoms with van der Waals surface area (Å²) in [6.07, 6.45) is 0.802. The quantitative estimate of drug-likeness (QED) is 0.646. The molecule has 2 heterocycles. The van der Waals surface area contributed by atoms with Gasteiger partial charge in [0.25, 0.3) is 0 Å². The predicted molar refractivity (Wildman–Crippen MR) is 72.4 cm³/mol. The molecule has 1 aromatic rings. The van der Waals surface area contributed by atoms with E-state index in [4.69, 9.17) is 4.42 Å². The number of ether oxygens (including phenoxy) is 1. The van der Waals surface area contributed by atoms with Crippen LogP contribution in [0.25, 0.3) is 0 Å². The van der Waals surface area contributed by atoms with E-state index in [-0.39, 0.29) is 11.8 Å². The fourth-order valence-corrected chi connectivity index (χ4v) is 2.27. The highest BCUT2D eigenvalue weighted by Crippen LogP contribution is 2.17. The summed E-state index contributed by atoms with van der Waals surface area (Å²) in [6, 6.07) is 1.18. The number of esters is 1. The van der Waals surface area contributed by atoms with Crippen molar-refractivity contribution >= 4 is 17.8 Å². The summed E-state index contributed by atoms with van der Waals surface area (Å²) in [5.74, 6) is 0.144. The summed E-state index contributed by atoms with van der Waals surface area (Å²) in [5, 5.41) is 3.05. The van der Waals surface area contributed by atoms with Crippen LogP contribution in [0.3, 0.4) is 0 Å². The standard InChI is InChI=1S/C14H18N2O5/c1-8-10(14(19)20-3)6-9(21-8)7-15-11-4-5-12(17)16(2)13(11)18/h6,11,15H,4-5,7H2,1-3H3. The summed E-state index contributed by atoms with van der Waals surface area (Å²) >= 11 is 0. The second kappa shape index (κ2) is 6.09. The number of amides is 2. The van der Waals surface area contributed by atoms with Crippen molar-refractivity contribution in [2.24, 2.45) is 0 Å². The Balaban J connectivity index is 1.99. The van der Waals surface area contributed by atoms with Gasteiger partial charge in [-0.3, -0.25) is 19.8 Å². The van der Waals surface area contributed by atoms with Crippen molar-refractivity contribution in [1.29, 1.82) is 0 Å². The van der Waals surface area contributed by atoms with E-state index in [2.05, 4.69) is 10.1 Å². The molecule has 1 saturated heterocycles. The molecule has 1 aromatic heterocycles. The Kier molecular flexibility index (Phi) is 4.42. The van der Waals surface area contributed by atoms with Gasteiger partial charge in [0.2, 0.25) is 11.8 Å². The molecule has 0 bridgehead atoms. The number of aryl methyl sites for hydroxylation is 1. The summed E-state index contributed by atoms with van der Waals surface area (Å²) in [7, 11) is 2.78. The minimum atomic E-state index is -0.457. The number of carbonyl (C=O) groups excluding carboxylic acids is 3. The number of methoxy groups -OCH3 is 1. The Morgan fingerprint density at radius 1 is 1.52 bits per heavy atom. The van der Waals surface area contributed by atoms with Crippen LogP contribution in [0.15, 0.2) is 10.5 Å². The van der Waals surface area contributed by atoms with E-state index in [1.807, 2.05) is 0 Å². The number of piperidine rings is 1. The molecule has 21 heavy (non-hydrogen) atoms. The highest BCUT2D eigenvalue weighted by atomic mass is 16.5. The number of hydrogen-bond donors (Lipinski definition) is 1. The molecule has 114 valence electrons. The van der Waals surface area contributed by atoms with Gasteiger partial charge < -0.3 is 9.15 Å². The van der Waals surface area contributed by atoms with Crippen LogP contribution in [0.5, 0.6) is 0 Å². The van der Waals surface area contributed by atoms with Crippen molar-refractivity contribution < 1.29 is 23.5 Å². The number of nitrogens with zero attached hydrogens (tertiary/aromatic N) is 1. The largest absolute Gasteiger partial charge is 0.465 e. The summed E-state index contributed by atoms with van der Waals surface area (Å²) < 4.78 is 10.1. The molecule has 2 rings (SSSR count). The number of furan rings is 1. The second-order valence-corrected chi connectivity index (χ2v) is 4.94. The molecular weight excluding hydrogens is 276 g/mol. The van der Waals surface area contributed by atoms with E-state index in [0.717, 1.165) is 4.90 Å². The van der Waals surface area contributed by atoms with Gasteiger partial charge in [-0.2, -0.15) is 0 Å². The van der Waals surface area contributed by atoms with Gasteiger partial charge in [0.15, 0.2) is 0 Å². The van der Waals surface area contributed by atoms with Crippen LogP contribution in [0.4, 0.5) is 0 Å². The summed E-state index contributed by atoms with van der Waals surface area (Å²) in [6.45, 7) is 1.98. The molecule has 0 saturated carbocycles. The SMILES string of the molecule is COC(=O)c1cc(CNC2CCC(=O)N(C)C2=O)oc1C. The fourth-order valence-electron chi connectivity index (χ4n) is 2.27. The average molecular weight is 294 g/mol. The highest BCUT2D eigenvalue weighted by Gasteiger charge is 2.31. The lowest BCUT2D eigenvalue weighted by molar-refractivity contribution is -0.148. The maximum absolute atomic E-state index is 11.9. The van der Waals surface area contributed by atoms with E-state index >= 15 is 0 Å². The van der Waals surface area contributed by atoms with Crippen molar-refractivity contribution in [3.05, 3.63) is 23.2 Å². The van der Waals surface area contributed by atoms with E-state index in [1.165, 1.54) is 14.2 Å². The lowest BCUT2D eigenvalue weighted by Gasteiger charge is -2.28. The maximum Gasteiger partial charge on any atom is 0.341 e. The number of imide groups is 1. The molecule has 1 fully saturated rings. The van der Waals surface area contributed by atoms with Crippen LogP contribution >= 0.6 is 0 Å². The molecular formula is C14H18N2O5. The van der Waals surface area contributed by atoms with E-state index in [0.29, 0.717) is 36.5 Å². The minimum absolute atomic E-state index is 0.167. The molecule has 1 atom stereocenters. The third-order valence-corrected chi connectivity index (χ3v) is 3.55. The van der Waals surface area contributed by atoms with Gasteiger partial charge in [-0.25, -0.2) is 4.79 Å². The number of carbonyl (C=O) groups is 3. The van der Waals surface area contributed by atoms with Crippen molar-refractivity contribution in [3.63, 3.8) is 0 Å². The Morgan fingerprint density at radius 3 is 2.90 bits per heavy atom. The molecule has 0 spiro atoms. The number of rotatable bonds is 4. The van der Waals surface area contributed by atoms with Crippen LogP contribution in [-0.2, 0) is 20.9 Å². The smallest absolute Gasteiger partial charge is 0.341 e. The molecule has 1 aliphatic heterocycles. The van der Waals surface area contributed by atoms with Gasteiger partial charge in [0.1, 0.15) is 17.1 Å². The van der Waals surface area contributed by atoms with Crippen LogP contribution in [0.1, 0.15) is 34.7 Å². The third-order valence-electron chi connectivity index (χ3n) is 3.55. The molecule has 1 aliphatic rings. The molecule has 7 heteroatoms. The summed E-state index contributed by atoms with van der Waals surface area (Å²) in [4.78, 5) is 35.9. The lowest BCUT2D eigenvalue weighted by atomic mass is 10.0. The van der Waals surface area contributed by atoms with Gasteiger partial charge in [-0.05, 0) is 19.4 Å².